The molecule has 0 radical (unpaired) electrons. The lowest BCUT2D eigenvalue weighted by Crippen LogP contribution is -2.41. The van der Waals surface area contributed by atoms with Gasteiger partial charge in [-0.25, -0.2) is 4.79 Å². The van der Waals surface area contributed by atoms with Gasteiger partial charge in [-0.1, -0.05) is 12.1 Å². The molecule has 0 aromatic heterocycles. The van der Waals surface area contributed by atoms with Crippen molar-refractivity contribution in [2.45, 2.75) is 51.6 Å². The quantitative estimate of drug-likeness (QED) is 0.860. The van der Waals surface area contributed by atoms with E-state index in [2.05, 4.69) is 10.1 Å². The highest BCUT2D eigenvalue weighted by atomic mass is 19.4. The first-order valence-electron chi connectivity index (χ1n) is 8.53. The molecule has 1 aliphatic heterocycles. The molecule has 1 heterocycles. The summed E-state index contributed by atoms with van der Waals surface area (Å²) in [6, 6.07) is 5.00. The molecule has 1 N–H and O–H groups in total. The molecule has 2 amide bonds. The Balaban J connectivity index is 1.82. The monoisotopic (exact) mass is 388 g/mol. The molecular weight excluding hydrogens is 365 g/mol. The molecule has 150 valence electrons. The lowest BCUT2D eigenvalue weighted by atomic mass is 10.1. The first-order valence-corrected chi connectivity index (χ1v) is 8.53. The highest BCUT2D eigenvalue weighted by molar-refractivity contribution is 5.79. The molecule has 1 aliphatic rings. The molecule has 2 rings (SSSR count). The largest absolute Gasteiger partial charge is 0.573 e. The van der Waals surface area contributed by atoms with Crippen molar-refractivity contribution in [1.29, 1.82) is 0 Å². The van der Waals surface area contributed by atoms with Gasteiger partial charge in [0.05, 0.1) is 12.5 Å². The molecule has 1 aromatic rings. The summed E-state index contributed by atoms with van der Waals surface area (Å²) in [5.74, 6) is -0.491. The van der Waals surface area contributed by atoms with Crippen molar-refractivity contribution >= 4 is 12.0 Å². The third-order valence-corrected chi connectivity index (χ3v) is 3.77. The number of rotatable bonds is 4. The van der Waals surface area contributed by atoms with Crippen LogP contribution in [0.5, 0.6) is 5.75 Å². The SMILES string of the molecule is CC(C)(C)OC(=O)N[C@H]1CCN(C(=O)Cc2ccc(OC(F)(F)F)cc2)C1. The van der Waals surface area contributed by atoms with Gasteiger partial charge in [-0.05, 0) is 44.9 Å². The van der Waals surface area contributed by atoms with Crippen LogP contribution < -0.4 is 10.1 Å². The summed E-state index contributed by atoms with van der Waals surface area (Å²) in [5.41, 5.74) is -0.0155. The van der Waals surface area contributed by atoms with Crippen LogP contribution in [0.3, 0.4) is 0 Å². The predicted octanol–water partition coefficient (Wildman–Crippen LogP) is 3.25. The number of carbonyl (C=O) groups excluding carboxylic acids is 2. The van der Waals surface area contributed by atoms with Gasteiger partial charge in [-0.15, -0.1) is 13.2 Å². The van der Waals surface area contributed by atoms with E-state index in [4.69, 9.17) is 4.74 Å². The summed E-state index contributed by atoms with van der Waals surface area (Å²) in [6.45, 7) is 6.16. The minimum Gasteiger partial charge on any atom is -0.444 e. The second-order valence-electron chi connectivity index (χ2n) is 7.34. The molecule has 1 aromatic carbocycles. The maximum Gasteiger partial charge on any atom is 0.573 e. The van der Waals surface area contributed by atoms with Crippen LogP contribution in [0.15, 0.2) is 24.3 Å². The van der Waals surface area contributed by atoms with Crippen molar-refractivity contribution in [3.63, 3.8) is 0 Å². The maximum absolute atomic E-state index is 12.4. The summed E-state index contributed by atoms with van der Waals surface area (Å²) in [6.07, 6.45) is -4.60. The highest BCUT2D eigenvalue weighted by Crippen LogP contribution is 2.23. The van der Waals surface area contributed by atoms with Crippen molar-refractivity contribution in [3.05, 3.63) is 29.8 Å². The van der Waals surface area contributed by atoms with E-state index in [1.807, 2.05) is 0 Å². The minimum atomic E-state index is -4.75. The number of hydrogen-bond acceptors (Lipinski definition) is 4. The van der Waals surface area contributed by atoms with Crippen LogP contribution in [0.2, 0.25) is 0 Å². The van der Waals surface area contributed by atoms with E-state index in [1.54, 1.807) is 25.7 Å². The third-order valence-electron chi connectivity index (χ3n) is 3.77. The number of carbonyl (C=O) groups is 2. The lowest BCUT2D eigenvalue weighted by Gasteiger charge is -2.22. The molecule has 0 bridgehead atoms. The van der Waals surface area contributed by atoms with Gasteiger partial charge in [0.15, 0.2) is 0 Å². The van der Waals surface area contributed by atoms with Gasteiger partial charge in [0.1, 0.15) is 11.4 Å². The van der Waals surface area contributed by atoms with Crippen molar-refractivity contribution in [3.8, 4) is 5.75 Å². The first-order chi connectivity index (χ1) is 12.4. The number of alkyl halides is 3. The topological polar surface area (TPSA) is 67.9 Å². The van der Waals surface area contributed by atoms with Crippen LogP contribution in [0.25, 0.3) is 0 Å². The molecule has 27 heavy (non-hydrogen) atoms. The first kappa shape index (κ1) is 20.9. The predicted molar refractivity (Wildman–Crippen MR) is 91.2 cm³/mol. The normalized spacial score (nSPS) is 17.6. The zero-order valence-electron chi connectivity index (χ0n) is 15.4. The minimum absolute atomic E-state index is 0.0610. The van der Waals surface area contributed by atoms with Gasteiger partial charge in [-0.3, -0.25) is 4.79 Å². The number of halogens is 3. The van der Waals surface area contributed by atoms with E-state index in [0.29, 0.717) is 25.1 Å². The number of ether oxygens (including phenoxy) is 2. The van der Waals surface area contributed by atoms with Crippen LogP contribution in [-0.2, 0) is 16.0 Å². The Hall–Kier alpha value is -2.45. The molecule has 0 spiro atoms. The summed E-state index contributed by atoms with van der Waals surface area (Å²) in [7, 11) is 0. The molecule has 6 nitrogen and oxygen atoms in total. The Morgan fingerprint density at radius 2 is 1.81 bits per heavy atom. The van der Waals surface area contributed by atoms with E-state index in [1.165, 1.54) is 24.3 Å². The Morgan fingerprint density at radius 3 is 2.37 bits per heavy atom. The number of nitrogens with zero attached hydrogens (tertiary/aromatic N) is 1. The zero-order valence-corrected chi connectivity index (χ0v) is 15.4. The summed E-state index contributed by atoms with van der Waals surface area (Å²) < 4.78 is 45.4. The van der Waals surface area contributed by atoms with Crippen LogP contribution in [0.1, 0.15) is 32.8 Å². The molecular formula is C18H23F3N2O4. The molecule has 1 atom stereocenters. The Labute approximate surface area is 155 Å². The van der Waals surface area contributed by atoms with E-state index < -0.39 is 18.1 Å². The fourth-order valence-electron chi connectivity index (χ4n) is 2.67. The number of likely N-dealkylation sites (tertiary alicyclic amines) is 1. The standard InChI is InChI=1S/C18H23F3N2O4/c1-17(2,3)27-16(25)22-13-8-9-23(11-13)15(24)10-12-4-6-14(7-5-12)26-18(19,20)21/h4-7,13H,8-11H2,1-3H3,(H,22,25)/t13-/m0/s1. The smallest absolute Gasteiger partial charge is 0.444 e. The summed E-state index contributed by atoms with van der Waals surface area (Å²) in [5, 5.41) is 2.74. The zero-order chi connectivity index (χ0) is 20.2. The molecule has 9 heteroatoms. The van der Waals surface area contributed by atoms with Crippen molar-refractivity contribution < 1.29 is 32.2 Å². The van der Waals surface area contributed by atoms with Crippen LogP contribution in [0, 0.1) is 0 Å². The summed E-state index contributed by atoms with van der Waals surface area (Å²) >= 11 is 0. The highest BCUT2D eigenvalue weighted by Gasteiger charge is 2.31. The second kappa shape index (κ2) is 8.06. The summed E-state index contributed by atoms with van der Waals surface area (Å²) in [4.78, 5) is 25.8. The van der Waals surface area contributed by atoms with E-state index in [9.17, 15) is 22.8 Å². The lowest BCUT2D eigenvalue weighted by molar-refractivity contribution is -0.274. The van der Waals surface area contributed by atoms with Crippen molar-refractivity contribution in [1.82, 2.24) is 10.2 Å². The fourth-order valence-corrected chi connectivity index (χ4v) is 2.67. The van der Waals surface area contributed by atoms with Crippen LogP contribution >= 0.6 is 0 Å². The number of amides is 2. The van der Waals surface area contributed by atoms with Gasteiger partial charge < -0.3 is 19.7 Å². The van der Waals surface area contributed by atoms with Gasteiger partial charge in [0.2, 0.25) is 5.91 Å². The number of benzene rings is 1. The molecule has 0 aliphatic carbocycles. The van der Waals surface area contributed by atoms with Gasteiger partial charge in [0.25, 0.3) is 0 Å². The van der Waals surface area contributed by atoms with Crippen molar-refractivity contribution in [2.75, 3.05) is 13.1 Å². The maximum atomic E-state index is 12.4. The number of alkyl carbamates (subject to hydrolysis) is 1. The van der Waals surface area contributed by atoms with E-state index in [0.717, 1.165) is 0 Å². The second-order valence-corrected chi connectivity index (χ2v) is 7.34. The average Bonchev–Trinajstić information content (AvgIpc) is 2.94. The van der Waals surface area contributed by atoms with Gasteiger partial charge >= 0.3 is 12.5 Å². The molecule has 0 unspecified atom stereocenters. The average molecular weight is 388 g/mol. The van der Waals surface area contributed by atoms with Crippen molar-refractivity contribution in [2.24, 2.45) is 0 Å². The fraction of sp³-hybridized carbons (Fsp3) is 0.556. The van der Waals surface area contributed by atoms with Gasteiger partial charge in [0, 0.05) is 13.1 Å². The molecule has 1 fully saturated rings. The Bertz CT molecular complexity index is 669. The van der Waals surface area contributed by atoms with Crippen LogP contribution in [0.4, 0.5) is 18.0 Å². The number of nitrogens with one attached hydrogen (secondary N) is 1. The third kappa shape index (κ3) is 7.36. The molecule has 1 saturated heterocycles. The van der Waals surface area contributed by atoms with E-state index >= 15 is 0 Å². The van der Waals surface area contributed by atoms with Gasteiger partial charge in [-0.2, -0.15) is 0 Å². The van der Waals surface area contributed by atoms with Crippen LogP contribution in [-0.4, -0.2) is 48.0 Å². The Kier molecular flexibility index (Phi) is 6.22. The molecule has 0 saturated carbocycles. The number of hydrogen-bond donors (Lipinski definition) is 1. The van der Waals surface area contributed by atoms with E-state index in [-0.39, 0.29) is 24.1 Å². The Morgan fingerprint density at radius 1 is 1.19 bits per heavy atom.